The largest absolute Gasteiger partial charge is 0.490 e. The lowest BCUT2D eigenvalue weighted by atomic mass is 10.1. The van der Waals surface area contributed by atoms with Crippen LogP contribution in [-0.2, 0) is 13.0 Å². The van der Waals surface area contributed by atoms with Crippen LogP contribution in [0.5, 0.6) is 11.5 Å². The molecular formula is C18H22ClNO2. The zero-order valence-electron chi connectivity index (χ0n) is 12.8. The molecule has 0 spiro atoms. The number of rotatable bonds is 8. The van der Waals surface area contributed by atoms with Gasteiger partial charge in [0.05, 0.1) is 6.61 Å². The molecule has 0 aromatic heterocycles. The Balaban J connectivity index is 2.06. The molecule has 0 saturated heterocycles. The van der Waals surface area contributed by atoms with Gasteiger partial charge in [-0.05, 0) is 61.7 Å². The summed E-state index contributed by atoms with van der Waals surface area (Å²) in [5.74, 6) is 1.54. The molecule has 2 N–H and O–H groups in total. The molecule has 2 aromatic rings. The Hall–Kier alpha value is -1.71. The van der Waals surface area contributed by atoms with Crippen LogP contribution in [0.4, 0.5) is 0 Å². The van der Waals surface area contributed by atoms with Crippen molar-refractivity contribution < 1.29 is 9.47 Å². The van der Waals surface area contributed by atoms with Crippen LogP contribution in [0.25, 0.3) is 0 Å². The number of aryl methyl sites for hydroxylation is 1. The molecule has 0 bridgehead atoms. The summed E-state index contributed by atoms with van der Waals surface area (Å²) in [5, 5.41) is 0.725. The molecule has 2 rings (SSSR count). The molecular weight excluding hydrogens is 298 g/mol. The lowest BCUT2D eigenvalue weighted by Gasteiger charge is -2.13. The third kappa shape index (κ3) is 4.93. The van der Waals surface area contributed by atoms with Gasteiger partial charge in [0.25, 0.3) is 0 Å². The molecule has 22 heavy (non-hydrogen) atoms. The number of ether oxygens (including phenoxy) is 2. The summed E-state index contributed by atoms with van der Waals surface area (Å²) in [6, 6.07) is 13.7. The van der Waals surface area contributed by atoms with E-state index in [4.69, 9.17) is 26.8 Å². The molecule has 0 amide bonds. The minimum Gasteiger partial charge on any atom is -0.490 e. The van der Waals surface area contributed by atoms with Gasteiger partial charge in [-0.25, -0.2) is 0 Å². The van der Waals surface area contributed by atoms with Gasteiger partial charge in [0.15, 0.2) is 11.5 Å². The van der Waals surface area contributed by atoms with E-state index in [1.54, 1.807) is 0 Å². The molecule has 0 radical (unpaired) electrons. The van der Waals surface area contributed by atoms with Crippen molar-refractivity contribution in [1.82, 2.24) is 0 Å². The quantitative estimate of drug-likeness (QED) is 0.792. The van der Waals surface area contributed by atoms with Crippen LogP contribution in [0.15, 0.2) is 42.5 Å². The van der Waals surface area contributed by atoms with Crippen LogP contribution in [0.3, 0.4) is 0 Å². The highest BCUT2D eigenvalue weighted by Crippen LogP contribution is 2.29. The van der Waals surface area contributed by atoms with Crippen molar-refractivity contribution >= 4 is 11.6 Å². The molecule has 0 aliphatic rings. The third-order valence-corrected chi connectivity index (χ3v) is 3.54. The van der Waals surface area contributed by atoms with Crippen molar-refractivity contribution in [2.24, 2.45) is 5.73 Å². The van der Waals surface area contributed by atoms with Crippen molar-refractivity contribution in [3.8, 4) is 11.5 Å². The van der Waals surface area contributed by atoms with Gasteiger partial charge in [-0.3, -0.25) is 0 Å². The summed E-state index contributed by atoms with van der Waals surface area (Å²) in [4.78, 5) is 0. The van der Waals surface area contributed by atoms with Crippen molar-refractivity contribution in [3.63, 3.8) is 0 Å². The maximum atomic E-state index is 5.88. The molecule has 0 saturated carbocycles. The fraction of sp³-hybridized carbons (Fsp3) is 0.333. The number of nitrogens with two attached hydrogens (primary N) is 1. The number of benzene rings is 2. The highest BCUT2D eigenvalue weighted by atomic mass is 35.5. The van der Waals surface area contributed by atoms with E-state index in [9.17, 15) is 0 Å². The third-order valence-electron chi connectivity index (χ3n) is 3.29. The Kier molecular flexibility index (Phi) is 6.56. The van der Waals surface area contributed by atoms with E-state index < -0.39 is 0 Å². The van der Waals surface area contributed by atoms with Crippen LogP contribution < -0.4 is 15.2 Å². The molecule has 118 valence electrons. The van der Waals surface area contributed by atoms with E-state index in [2.05, 4.69) is 6.07 Å². The molecule has 0 aliphatic heterocycles. The first kappa shape index (κ1) is 16.7. The van der Waals surface area contributed by atoms with Crippen LogP contribution in [0.2, 0.25) is 5.02 Å². The van der Waals surface area contributed by atoms with Crippen molar-refractivity contribution in [2.45, 2.75) is 26.4 Å². The number of hydrogen-bond acceptors (Lipinski definition) is 3. The molecule has 2 aromatic carbocycles. The smallest absolute Gasteiger partial charge is 0.161 e. The Morgan fingerprint density at radius 3 is 2.36 bits per heavy atom. The van der Waals surface area contributed by atoms with E-state index >= 15 is 0 Å². The van der Waals surface area contributed by atoms with Crippen molar-refractivity contribution in [3.05, 3.63) is 58.6 Å². The van der Waals surface area contributed by atoms with Crippen LogP contribution in [0, 0.1) is 0 Å². The number of halogens is 1. The SMILES string of the molecule is CCOc1cc(CCCN)ccc1OCc1ccc(Cl)cc1. The fourth-order valence-corrected chi connectivity index (χ4v) is 2.27. The van der Waals surface area contributed by atoms with E-state index in [1.165, 1.54) is 5.56 Å². The van der Waals surface area contributed by atoms with Crippen molar-refractivity contribution in [2.75, 3.05) is 13.2 Å². The maximum absolute atomic E-state index is 5.88. The predicted octanol–water partition coefficient (Wildman–Crippen LogP) is 4.21. The Bertz CT molecular complexity index is 584. The average Bonchev–Trinajstić information content (AvgIpc) is 2.54. The summed E-state index contributed by atoms with van der Waals surface area (Å²) >= 11 is 5.88. The molecule has 4 heteroatoms. The van der Waals surface area contributed by atoms with E-state index in [-0.39, 0.29) is 0 Å². The zero-order chi connectivity index (χ0) is 15.8. The first-order valence-corrected chi connectivity index (χ1v) is 7.93. The first-order chi connectivity index (χ1) is 10.7. The standard InChI is InChI=1S/C18H22ClNO2/c1-2-21-18-12-14(4-3-11-20)7-10-17(18)22-13-15-5-8-16(19)9-6-15/h5-10,12H,2-4,11,13,20H2,1H3. The molecule has 3 nitrogen and oxygen atoms in total. The second-order valence-electron chi connectivity index (χ2n) is 5.02. The van der Waals surface area contributed by atoms with E-state index in [1.807, 2.05) is 43.3 Å². The molecule has 0 fully saturated rings. The maximum Gasteiger partial charge on any atom is 0.161 e. The monoisotopic (exact) mass is 319 g/mol. The summed E-state index contributed by atoms with van der Waals surface area (Å²) in [6.45, 7) is 3.76. The molecule has 0 heterocycles. The molecule has 0 atom stereocenters. The van der Waals surface area contributed by atoms with Gasteiger partial charge in [0, 0.05) is 5.02 Å². The van der Waals surface area contributed by atoms with Gasteiger partial charge < -0.3 is 15.2 Å². The normalized spacial score (nSPS) is 10.5. The first-order valence-electron chi connectivity index (χ1n) is 7.56. The van der Waals surface area contributed by atoms with Crippen LogP contribution in [0.1, 0.15) is 24.5 Å². The number of hydrogen-bond donors (Lipinski definition) is 1. The molecule has 0 aliphatic carbocycles. The second kappa shape index (κ2) is 8.66. The minimum atomic E-state index is 0.486. The highest BCUT2D eigenvalue weighted by Gasteiger charge is 2.07. The van der Waals surface area contributed by atoms with Gasteiger partial charge in [0.1, 0.15) is 6.61 Å². The van der Waals surface area contributed by atoms with Crippen LogP contribution in [-0.4, -0.2) is 13.2 Å². The van der Waals surface area contributed by atoms with Gasteiger partial charge in [0.2, 0.25) is 0 Å². The van der Waals surface area contributed by atoms with Gasteiger partial charge >= 0.3 is 0 Å². The van der Waals surface area contributed by atoms with Gasteiger partial charge in [-0.1, -0.05) is 29.8 Å². The molecule has 0 unspecified atom stereocenters. The van der Waals surface area contributed by atoms with E-state index in [0.717, 1.165) is 34.9 Å². The average molecular weight is 320 g/mol. The minimum absolute atomic E-state index is 0.486. The van der Waals surface area contributed by atoms with Crippen molar-refractivity contribution in [1.29, 1.82) is 0 Å². The Morgan fingerprint density at radius 2 is 1.68 bits per heavy atom. The fourth-order valence-electron chi connectivity index (χ4n) is 2.14. The highest BCUT2D eigenvalue weighted by molar-refractivity contribution is 6.30. The zero-order valence-corrected chi connectivity index (χ0v) is 13.6. The summed E-state index contributed by atoms with van der Waals surface area (Å²) in [5.41, 5.74) is 7.84. The summed E-state index contributed by atoms with van der Waals surface area (Å²) < 4.78 is 11.6. The Labute approximate surface area is 137 Å². The van der Waals surface area contributed by atoms with Gasteiger partial charge in [-0.2, -0.15) is 0 Å². The second-order valence-corrected chi connectivity index (χ2v) is 5.46. The topological polar surface area (TPSA) is 44.5 Å². The van der Waals surface area contributed by atoms with E-state index in [0.29, 0.717) is 19.8 Å². The van der Waals surface area contributed by atoms with Crippen LogP contribution >= 0.6 is 11.6 Å². The Morgan fingerprint density at radius 1 is 0.955 bits per heavy atom. The summed E-state index contributed by atoms with van der Waals surface area (Å²) in [6.07, 6.45) is 1.92. The lowest BCUT2D eigenvalue weighted by Crippen LogP contribution is -2.02. The van der Waals surface area contributed by atoms with Gasteiger partial charge in [-0.15, -0.1) is 0 Å². The predicted molar refractivity (Wildman–Crippen MR) is 90.8 cm³/mol. The summed E-state index contributed by atoms with van der Waals surface area (Å²) in [7, 11) is 0. The lowest BCUT2D eigenvalue weighted by molar-refractivity contribution is 0.269.